The fraction of sp³-hybridized carbons (Fsp3) is 0.500. The lowest BCUT2D eigenvalue weighted by molar-refractivity contribution is 0.0750. The first kappa shape index (κ1) is 14.6. The van der Waals surface area contributed by atoms with Gasteiger partial charge in [0.15, 0.2) is 0 Å². The van der Waals surface area contributed by atoms with Gasteiger partial charge in [0.25, 0.3) is 5.91 Å². The van der Waals surface area contributed by atoms with Gasteiger partial charge in [-0.25, -0.2) is 9.18 Å². The van der Waals surface area contributed by atoms with Crippen LogP contribution in [0.25, 0.3) is 0 Å². The maximum atomic E-state index is 13.9. The van der Waals surface area contributed by atoms with Gasteiger partial charge in [0.1, 0.15) is 11.9 Å². The number of rotatable bonds is 2. The molecule has 0 aliphatic carbocycles. The molecule has 20 heavy (non-hydrogen) atoms. The quantitative estimate of drug-likeness (QED) is 0.778. The first-order valence-corrected chi connectivity index (χ1v) is 6.54. The van der Waals surface area contributed by atoms with Gasteiger partial charge in [-0.2, -0.15) is 0 Å². The van der Waals surface area contributed by atoms with Crippen LogP contribution in [0.3, 0.4) is 0 Å². The highest BCUT2D eigenvalue weighted by Gasteiger charge is 2.33. The number of amides is 2. The Morgan fingerprint density at radius 2 is 2.30 bits per heavy atom. The molecule has 2 atom stereocenters. The summed E-state index contributed by atoms with van der Waals surface area (Å²) < 4.78 is 13.9. The Hall–Kier alpha value is -1.76. The van der Waals surface area contributed by atoms with Crippen molar-refractivity contribution in [2.45, 2.75) is 25.6 Å². The van der Waals surface area contributed by atoms with Gasteiger partial charge in [0.2, 0.25) is 0 Å². The number of nitrogens with zero attached hydrogens (tertiary/aromatic N) is 1. The number of alkyl halides is 1. The Bertz CT molecular complexity index is 534. The van der Waals surface area contributed by atoms with Crippen molar-refractivity contribution in [3.8, 4) is 0 Å². The molecule has 0 bridgehead atoms. The number of halogens is 2. The predicted octanol–water partition coefficient (Wildman–Crippen LogP) is 1.80. The van der Waals surface area contributed by atoms with Crippen molar-refractivity contribution in [2.24, 2.45) is 0 Å². The monoisotopic (exact) mass is 303 g/mol. The van der Waals surface area contributed by atoms with Crippen molar-refractivity contribution in [3.05, 3.63) is 22.5 Å². The summed E-state index contributed by atoms with van der Waals surface area (Å²) in [6, 6.07) is 0.897. The zero-order chi connectivity index (χ0) is 14.9. The second-order valence-corrected chi connectivity index (χ2v) is 5.20. The van der Waals surface area contributed by atoms with E-state index in [-0.39, 0.29) is 30.2 Å². The van der Waals surface area contributed by atoms with Gasteiger partial charge in [-0.3, -0.25) is 4.79 Å². The standard InChI is InChI=1S/C12H15ClFN3O3/c1-6-4-7(13)10(15-6)11(18)16-9-2-3-17(12(19)20)5-8(9)14/h4,8-9,15H,2-3,5H2,1H3,(H,16,18)(H,19,20)/t8-,9+/m0/s1. The number of carboxylic acid groups (broad SMARTS) is 1. The average molecular weight is 304 g/mol. The van der Waals surface area contributed by atoms with E-state index in [1.807, 2.05) is 0 Å². The third-order valence-electron chi connectivity index (χ3n) is 3.26. The Balaban J connectivity index is 1.99. The summed E-state index contributed by atoms with van der Waals surface area (Å²) in [4.78, 5) is 26.5. The van der Waals surface area contributed by atoms with Crippen LogP contribution < -0.4 is 5.32 Å². The Morgan fingerprint density at radius 1 is 1.60 bits per heavy atom. The molecule has 6 nitrogen and oxygen atoms in total. The van der Waals surface area contributed by atoms with Gasteiger partial charge in [-0.15, -0.1) is 0 Å². The highest BCUT2D eigenvalue weighted by molar-refractivity contribution is 6.33. The molecule has 2 amide bonds. The summed E-state index contributed by atoms with van der Waals surface area (Å²) in [6.45, 7) is 1.71. The van der Waals surface area contributed by atoms with E-state index in [4.69, 9.17) is 16.7 Å². The molecule has 8 heteroatoms. The van der Waals surface area contributed by atoms with Gasteiger partial charge in [0, 0.05) is 12.2 Å². The third kappa shape index (κ3) is 3.04. The van der Waals surface area contributed by atoms with Crippen LogP contribution in [0.2, 0.25) is 5.02 Å². The van der Waals surface area contributed by atoms with E-state index in [2.05, 4.69) is 10.3 Å². The molecule has 3 N–H and O–H groups in total. The second kappa shape index (κ2) is 5.70. The molecule has 1 saturated heterocycles. The Morgan fingerprint density at radius 3 is 2.80 bits per heavy atom. The molecule has 1 aromatic heterocycles. The maximum absolute atomic E-state index is 13.9. The number of aromatic nitrogens is 1. The van der Waals surface area contributed by atoms with Crippen LogP contribution >= 0.6 is 11.6 Å². The Labute approximate surface area is 119 Å². The van der Waals surface area contributed by atoms with Crippen LogP contribution in [0.1, 0.15) is 22.6 Å². The van der Waals surface area contributed by atoms with Crippen LogP contribution in [0.15, 0.2) is 6.07 Å². The van der Waals surface area contributed by atoms with Crippen LogP contribution in [0.5, 0.6) is 0 Å². The van der Waals surface area contributed by atoms with E-state index in [1.165, 1.54) is 0 Å². The van der Waals surface area contributed by atoms with Gasteiger partial charge in [0.05, 0.1) is 17.6 Å². The first-order chi connectivity index (χ1) is 9.38. The normalized spacial score (nSPS) is 22.6. The van der Waals surface area contributed by atoms with Crippen molar-refractivity contribution in [3.63, 3.8) is 0 Å². The summed E-state index contributed by atoms with van der Waals surface area (Å²) >= 11 is 5.89. The number of carbonyl (C=O) groups is 2. The minimum atomic E-state index is -1.43. The number of carbonyl (C=O) groups excluding carboxylic acids is 1. The van der Waals surface area contributed by atoms with Crippen LogP contribution in [0, 0.1) is 6.92 Å². The van der Waals surface area contributed by atoms with Crippen molar-refractivity contribution in [2.75, 3.05) is 13.1 Å². The summed E-state index contributed by atoms with van der Waals surface area (Å²) in [5.41, 5.74) is 0.926. The number of H-pyrrole nitrogens is 1. The minimum Gasteiger partial charge on any atom is -0.465 e. The van der Waals surface area contributed by atoms with Gasteiger partial charge in [-0.1, -0.05) is 11.6 Å². The summed E-state index contributed by atoms with van der Waals surface area (Å²) in [5.74, 6) is -0.487. The predicted molar refractivity (Wildman–Crippen MR) is 70.9 cm³/mol. The summed E-state index contributed by atoms with van der Waals surface area (Å²) in [6.07, 6.45) is -2.35. The molecule has 110 valence electrons. The van der Waals surface area contributed by atoms with Gasteiger partial charge >= 0.3 is 6.09 Å². The zero-order valence-electron chi connectivity index (χ0n) is 10.8. The number of aromatic amines is 1. The molecule has 1 aliphatic heterocycles. The number of aryl methyl sites for hydroxylation is 1. The second-order valence-electron chi connectivity index (χ2n) is 4.79. The molecule has 0 aromatic carbocycles. The fourth-order valence-electron chi connectivity index (χ4n) is 2.20. The van der Waals surface area contributed by atoms with Crippen LogP contribution in [0.4, 0.5) is 9.18 Å². The van der Waals surface area contributed by atoms with E-state index in [0.29, 0.717) is 0 Å². The highest BCUT2D eigenvalue weighted by atomic mass is 35.5. The summed E-state index contributed by atoms with van der Waals surface area (Å²) in [5, 5.41) is 11.6. The maximum Gasteiger partial charge on any atom is 0.407 e. The van der Waals surface area contributed by atoms with E-state index in [0.717, 1.165) is 10.6 Å². The first-order valence-electron chi connectivity index (χ1n) is 6.16. The summed E-state index contributed by atoms with van der Waals surface area (Å²) in [7, 11) is 0. The fourth-order valence-corrected chi connectivity index (χ4v) is 2.50. The molecule has 0 radical (unpaired) electrons. The van der Waals surface area contributed by atoms with Crippen LogP contribution in [-0.2, 0) is 0 Å². The lowest BCUT2D eigenvalue weighted by Gasteiger charge is -2.33. The van der Waals surface area contributed by atoms with Crippen molar-refractivity contribution in [1.29, 1.82) is 0 Å². The third-order valence-corrected chi connectivity index (χ3v) is 3.56. The van der Waals surface area contributed by atoms with Crippen molar-refractivity contribution >= 4 is 23.6 Å². The highest BCUT2D eigenvalue weighted by Crippen LogP contribution is 2.19. The lowest BCUT2D eigenvalue weighted by atomic mass is 10.0. The van der Waals surface area contributed by atoms with E-state index >= 15 is 0 Å². The van der Waals surface area contributed by atoms with Crippen molar-refractivity contribution < 1.29 is 19.1 Å². The molecule has 1 aromatic rings. The molecule has 2 rings (SSSR count). The molecule has 0 unspecified atom stereocenters. The topological polar surface area (TPSA) is 85.4 Å². The molecular formula is C12H15ClFN3O3. The molecule has 2 heterocycles. The van der Waals surface area contributed by atoms with Gasteiger partial charge in [-0.05, 0) is 19.4 Å². The van der Waals surface area contributed by atoms with Gasteiger partial charge < -0.3 is 20.3 Å². The number of hydrogen-bond acceptors (Lipinski definition) is 2. The minimum absolute atomic E-state index is 0.192. The smallest absolute Gasteiger partial charge is 0.407 e. The lowest BCUT2D eigenvalue weighted by Crippen LogP contribution is -2.53. The molecule has 0 spiro atoms. The molecular weight excluding hydrogens is 289 g/mol. The molecule has 1 fully saturated rings. The average Bonchev–Trinajstić information content (AvgIpc) is 2.70. The SMILES string of the molecule is Cc1cc(Cl)c(C(=O)N[C@@H]2CCN(C(=O)O)C[C@@H]2F)[nH]1. The number of hydrogen-bond donors (Lipinski definition) is 3. The largest absolute Gasteiger partial charge is 0.465 e. The van der Waals surface area contributed by atoms with E-state index in [1.54, 1.807) is 13.0 Å². The number of likely N-dealkylation sites (tertiary alicyclic amines) is 1. The molecule has 0 saturated carbocycles. The van der Waals surface area contributed by atoms with E-state index < -0.39 is 24.2 Å². The van der Waals surface area contributed by atoms with E-state index in [9.17, 15) is 14.0 Å². The number of nitrogens with one attached hydrogen (secondary N) is 2. The Kier molecular flexibility index (Phi) is 4.17. The molecule has 1 aliphatic rings. The van der Waals surface area contributed by atoms with Crippen molar-refractivity contribution in [1.82, 2.24) is 15.2 Å². The number of piperidine rings is 1. The van der Waals surface area contributed by atoms with Crippen LogP contribution in [-0.4, -0.2) is 52.3 Å². The zero-order valence-corrected chi connectivity index (χ0v) is 11.6.